The minimum atomic E-state index is 0.0815. The van der Waals surface area contributed by atoms with E-state index in [1.54, 1.807) is 18.6 Å². The zero-order valence-electron chi connectivity index (χ0n) is 21.3. The highest BCUT2D eigenvalue weighted by Gasteiger charge is 2.21. The summed E-state index contributed by atoms with van der Waals surface area (Å²) in [7, 11) is 0. The van der Waals surface area contributed by atoms with Crippen molar-refractivity contribution in [1.82, 2.24) is 30.1 Å². The maximum Gasteiger partial charge on any atom is 0.227 e. The van der Waals surface area contributed by atoms with Gasteiger partial charge in [0.1, 0.15) is 11.2 Å². The minimum absolute atomic E-state index is 0.0815. The van der Waals surface area contributed by atoms with Crippen LogP contribution in [0.25, 0.3) is 55.8 Å². The third-order valence-corrected chi connectivity index (χ3v) is 7.55. The minimum Gasteiger partial charge on any atom is -0.353 e. The third kappa shape index (κ3) is 4.44. The number of amides is 1. The lowest BCUT2D eigenvalue weighted by molar-refractivity contribution is -0.120. The van der Waals surface area contributed by atoms with Crippen LogP contribution in [0.2, 0.25) is 0 Å². The molecule has 7 rings (SSSR count). The zero-order valence-corrected chi connectivity index (χ0v) is 21.3. The number of H-pyrrole nitrogens is 2. The van der Waals surface area contributed by atoms with Crippen molar-refractivity contribution in [2.24, 2.45) is 5.92 Å². The molecule has 8 heteroatoms. The van der Waals surface area contributed by atoms with E-state index in [2.05, 4.69) is 48.7 Å². The van der Waals surface area contributed by atoms with Gasteiger partial charge in [-0.05, 0) is 55.3 Å². The first-order chi connectivity index (χ1) is 19.2. The topological polar surface area (TPSA) is 112 Å². The Kier molecular flexibility index (Phi) is 5.85. The molecule has 0 spiro atoms. The highest BCUT2D eigenvalue weighted by molar-refractivity contribution is 6.00. The Balaban J connectivity index is 1.23. The summed E-state index contributed by atoms with van der Waals surface area (Å²) in [5.74, 6) is 0.165. The fourth-order valence-corrected chi connectivity index (χ4v) is 5.53. The van der Waals surface area contributed by atoms with E-state index in [9.17, 15) is 4.79 Å². The van der Waals surface area contributed by atoms with Gasteiger partial charge in [-0.1, -0.05) is 37.5 Å². The van der Waals surface area contributed by atoms with Crippen LogP contribution in [0.5, 0.6) is 0 Å². The highest BCUT2D eigenvalue weighted by atomic mass is 16.1. The maximum atomic E-state index is 12.8. The lowest BCUT2D eigenvalue weighted by Crippen LogP contribution is -2.24. The largest absolute Gasteiger partial charge is 0.353 e. The zero-order chi connectivity index (χ0) is 26.2. The first-order valence-corrected chi connectivity index (χ1v) is 13.4. The first kappa shape index (κ1) is 23.3. The van der Waals surface area contributed by atoms with Crippen LogP contribution in [-0.4, -0.2) is 36.0 Å². The lowest BCUT2D eigenvalue weighted by Gasteiger charge is -2.20. The molecule has 0 saturated heterocycles. The molecule has 0 unspecified atom stereocenters. The van der Waals surface area contributed by atoms with E-state index in [1.807, 2.05) is 42.5 Å². The smallest absolute Gasteiger partial charge is 0.227 e. The Bertz CT molecular complexity index is 1800. The molecule has 0 aliphatic heterocycles. The van der Waals surface area contributed by atoms with Crippen molar-refractivity contribution in [1.29, 1.82) is 0 Å². The molecule has 0 bridgehead atoms. The van der Waals surface area contributed by atoms with E-state index >= 15 is 0 Å². The predicted octanol–water partition coefficient (Wildman–Crippen LogP) is 6.75. The molecule has 1 fully saturated rings. The molecule has 3 N–H and O–H groups in total. The molecular formula is C31H27N7O. The number of carbonyl (C=O) groups is 1. The average Bonchev–Trinajstić information content (AvgIpc) is 3.62. The van der Waals surface area contributed by atoms with Crippen molar-refractivity contribution in [2.45, 2.75) is 32.1 Å². The van der Waals surface area contributed by atoms with Crippen molar-refractivity contribution >= 4 is 33.5 Å². The molecule has 8 nitrogen and oxygen atoms in total. The number of carbonyl (C=O) groups excluding carboxylic acids is 1. The van der Waals surface area contributed by atoms with Gasteiger partial charge in [0.15, 0.2) is 0 Å². The summed E-state index contributed by atoms with van der Waals surface area (Å²) < 4.78 is 0. The summed E-state index contributed by atoms with van der Waals surface area (Å²) in [5, 5.41) is 11.9. The van der Waals surface area contributed by atoms with Crippen molar-refractivity contribution in [3.63, 3.8) is 0 Å². The van der Waals surface area contributed by atoms with Gasteiger partial charge in [0.2, 0.25) is 5.91 Å². The van der Waals surface area contributed by atoms with Gasteiger partial charge in [-0.3, -0.25) is 19.9 Å². The Labute approximate surface area is 224 Å². The molecule has 192 valence electrons. The standard InChI is InChI=1S/C31H27N7O/c39-31(19-7-2-1-3-8-19)34-21-15-20(17-32-18-21)24-12-13-27-29(36-24)30(38-37-27)28-16-23-22(9-6-11-26(23)35-28)25-10-4-5-14-33-25/h4-6,9-19,35H,1-3,7-8H2,(H,34,39)(H,37,38). The molecule has 1 aromatic carbocycles. The summed E-state index contributed by atoms with van der Waals surface area (Å²) in [6.07, 6.45) is 10.6. The van der Waals surface area contributed by atoms with E-state index in [0.29, 0.717) is 5.69 Å². The number of aromatic nitrogens is 6. The number of hydrogen-bond donors (Lipinski definition) is 3. The van der Waals surface area contributed by atoms with E-state index in [0.717, 1.165) is 81.5 Å². The van der Waals surface area contributed by atoms with Crippen LogP contribution in [-0.2, 0) is 4.79 Å². The second-order valence-corrected chi connectivity index (χ2v) is 10.1. The fourth-order valence-electron chi connectivity index (χ4n) is 5.53. The number of fused-ring (bicyclic) bond motifs is 2. The number of rotatable bonds is 5. The second-order valence-electron chi connectivity index (χ2n) is 10.1. The molecule has 1 saturated carbocycles. The van der Waals surface area contributed by atoms with Crippen LogP contribution in [0.15, 0.2) is 79.3 Å². The number of nitrogens with one attached hydrogen (secondary N) is 3. The normalized spacial score (nSPS) is 14.2. The van der Waals surface area contributed by atoms with Gasteiger partial charge >= 0.3 is 0 Å². The average molecular weight is 514 g/mol. The number of anilines is 1. The Morgan fingerprint density at radius 2 is 1.82 bits per heavy atom. The van der Waals surface area contributed by atoms with Crippen LogP contribution in [0.4, 0.5) is 5.69 Å². The fraction of sp³-hybridized carbons (Fsp3) is 0.194. The molecule has 0 atom stereocenters. The molecule has 39 heavy (non-hydrogen) atoms. The van der Waals surface area contributed by atoms with Crippen molar-refractivity contribution in [3.05, 3.63) is 79.3 Å². The van der Waals surface area contributed by atoms with Gasteiger partial charge in [0, 0.05) is 40.3 Å². The number of nitrogens with zero attached hydrogens (tertiary/aromatic N) is 4. The monoisotopic (exact) mass is 513 g/mol. The van der Waals surface area contributed by atoms with Gasteiger partial charge in [0.05, 0.1) is 34.5 Å². The van der Waals surface area contributed by atoms with Gasteiger partial charge in [-0.2, -0.15) is 5.10 Å². The van der Waals surface area contributed by atoms with Crippen LogP contribution in [0, 0.1) is 5.92 Å². The molecule has 5 aromatic heterocycles. The summed E-state index contributed by atoms with van der Waals surface area (Å²) in [6, 6.07) is 20.0. The number of benzene rings is 1. The van der Waals surface area contributed by atoms with Crippen molar-refractivity contribution in [3.8, 4) is 33.9 Å². The summed E-state index contributed by atoms with van der Waals surface area (Å²) in [6.45, 7) is 0. The molecule has 1 amide bonds. The molecule has 6 aromatic rings. The SMILES string of the molecule is O=C(Nc1cncc(-c2ccc3[nH]nc(-c4cc5c(-c6ccccn6)cccc5[nH]4)c3n2)c1)C1CCCCC1. The first-order valence-electron chi connectivity index (χ1n) is 13.4. The van der Waals surface area contributed by atoms with Gasteiger partial charge in [-0.25, -0.2) is 4.98 Å². The van der Waals surface area contributed by atoms with Gasteiger partial charge in [0.25, 0.3) is 0 Å². The molecule has 1 aliphatic rings. The maximum absolute atomic E-state index is 12.8. The van der Waals surface area contributed by atoms with E-state index < -0.39 is 0 Å². The summed E-state index contributed by atoms with van der Waals surface area (Å²) in [5.41, 5.74) is 8.48. The van der Waals surface area contributed by atoms with Crippen molar-refractivity contribution < 1.29 is 4.79 Å². The number of pyridine rings is 3. The highest BCUT2D eigenvalue weighted by Crippen LogP contribution is 2.34. The van der Waals surface area contributed by atoms with Crippen LogP contribution >= 0.6 is 0 Å². The van der Waals surface area contributed by atoms with Gasteiger partial charge in [-0.15, -0.1) is 0 Å². The Hall–Kier alpha value is -4.85. The molecule has 5 heterocycles. The van der Waals surface area contributed by atoms with E-state index in [1.165, 1.54) is 6.42 Å². The lowest BCUT2D eigenvalue weighted by atomic mass is 9.88. The molecule has 1 aliphatic carbocycles. The number of hydrogen-bond acceptors (Lipinski definition) is 5. The van der Waals surface area contributed by atoms with E-state index in [-0.39, 0.29) is 11.8 Å². The Morgan fingerprint density at radius 3 is 2.69 bits per heavy atom. The van der Waals surface area contributed by atoms with E-state index in [4.69, 9.17) is 4.98 Å². The van der Waals surface area contributed by atoms with Crippen LogP contribution in [0.1, 0.15) is 32.1 Å². The van der Waals surface area contributed by atoms with Crippen LogP contribution < -0.4 is 5.32 Å². The summed E-state index contributed by atoms with van der Waals surface area (Å²) >= 11 is 0. The number of aromatic amines is 2. The third-order valence-electron chi connectivity index (χ3n) is 7.55. The second kappa shape index (κ2) is 9.79. The quantitative estimate of drug-likeness (QED) is 0.236. The predicted molar refractivity (Wildman–Crippen MR) is 153 cm³/mol. The van der Waals surface area contributed by atoms with Crippen molar-refractivity contribution in [2.75, 3.05) is 5.32 Å². The Morgan fingerprint density at radius 1 is 0.897 bits per heavy atom. The van der Waals surface area contributed by atoms with Gasteiger partial charge < -0.3 is 10.3 Å². The summed E-state index contributed by atoms with van der Waals surface area (Å²) in [4.78, 5) is 30.2. The van der Waals surface area contributed by atoms with Crippen LogP contribution in [0.3, 0.4) is 0 Å². The molecular weight excluding hydrogens is 486 g/mol. The molecule has 0 radical (unpaired) electrons.